The number of carbonyl (C=O) groups excluding carboxylic acids is 1. The molecule has 104 valence electrons. The molecule has 2 N–H and O–H groups in total. The molecule has 0 aliphatic rings. The Balaban J connectivity index is 2.27. The first-order valence-electron chi connectivity index (χ1n) is 5.79. The molecule has 0 aromatic carbocycles. The van der Waals surface area contributed by atoms with Gasteiger partial charge in [0, 0.05) is 21.7 Å². The van der Waals surface area contributed by atoms with Crippen LogP contribution in [-0.2, 0) is 6.42 Å². The zero-order valence-electron chi connectivity index (χ0n) is 10.5. The Labute approximate surface area is 127 Å². The van der Waals surface area contributed by atoms with Gasteiger partial charge in [-0.25, -0.2) is 4.79 Å². The standard InChI is InChI=1S/C13H11BrN2O3S/c1-2-9-4-10(13(18)19)12(20-9)16-11(17)7-3-8(14)6-15-5-7/h3-6H,2H2,1H3,(H,16,17)(H,18,19). The summed E-state index contributed by atoms with van der Waals surface area (Å²) in [7, 11) is 0. The highest BCUT2D eigenvalue weighted by molar-refractivity contribution is 9.10. The molecule has 0 fully saturated rings. The Morgan fingerprint density at radius 2 is 2.15 bits per heavy atom. The van der Waals surface area contributed by atoms with E-state index in [4.69, 9.17) is 5.11 Å². The Kier molecular flexibility index (Phi) is 4.51. The van der Waals surface area contributed by atoms with Gasteiger partial charge in [-0.05, 0) is 34.5 Å². The third-order valence-electron chi connectivity index (χ3n) is 2.56. The van der Waals surface area contributed by atoms with Gasteiger partial charge >= 0.3 is 5.97 Å². The molecule has 0 spiro atoms. The van der Waals surface area contributed by atoms with Crippen molar-refractivity contribution in [2.24, 2.45) is 0 Å². The zero-order chi connectivity index (χ0) is 14.7. The van der Waals surface area contributed by atoms with Crippen LogP contribution in [0.3, 0.4) is 0 Å². The number of amides is 1. The Hall–Kier alpha value is -1.73. The van der Waals surface area contributed by atoms with Crippen LogP contribution in [0.15, 0.2) is 29.0 Å². The molecule has 2 aromatic rings. The topological polar surface area (TPSA) is 79.3 Å². The van der Waals surface area contributed by atoms with E-state index in [0.717, 1.165) is 11.3 Å². The highest BCUT2D eigenvalue weighted by Gasteiger charge is 2.17. The number of pyridine rings is 1. The summed E-state index contributed by atoms with van der Waals surface area (Å²) in [4.78, 5) is 28.1. The lowest BCUT2D eigenvalue weighted by atomic mass is 10.2. The van der Waals surface area contributed by atoms with Crippen LogP contribution in [0.4, 0.5) is 5.00 Å². The van der Waals surface area contributed by atoms with Gasteiger partial charge in [0.25, 0.3) is 5.91 Å². The number of carbonyl (C=O) groups is 2. The molecule has 0 unspecified atom stereocenters. The van der Waals surface area contributed by atoms with Crippen molar-refractivity contribution < 1.29 is 14.7 Å². The van der Waals surface area contributed by atoms with Crippen LogP contribution >= 0.6 is 27.3 Å². The van der Waals surface area contributed by atoms with Crippen LogP contribution < -0.4 is 5.32 Å². The molecule has 0 radical (unpaired) electrons. The fraction of sp³-hybridized carbons (Fsp3) is 0.154. The summed E-state index contributed by atoms with van der Waals surface area (Å²) in [5.74, 6) is -1.44. The number of rotatable bonds is 4. The summed E-state index contributed by atoms with van der Waals surface area (Å²) in [5, 5.41) is 12.1. The number of aromatic carboxylic acids is 1. The van der Waals surface area contributed by atoms with Gasteiger partial charge in [-0.3, -0.25) is 9.78 Å². The largest absolute Gasteiger partial charge is 0.478 e. The lowest BCUT2D eigenvalue weighted by Gasteiger charge is -2.04. The van der Waals surface area contributed by atoms with Gasteiger partial charge < -0.3 is 10.4 Å². The monoisotopic (exact) mass is 354 g/mol. The number of anilines is 1. The van der Waals surface area contributed by atoms with Gasteiger partial charge in [-0.1, -0.05) is 6.92 Å². The second kappa shape index (κ2) is 6.15. The molecular formula is C13H11BrN2O3S. The lowest BCUT2D eigenvalue weighted by Crippen LogP contribution is -2.13. The van der Waals surface area contributed by atoms with E-state index in [0.29, 0.717) is 15.0 Å². The highest BCUT2D eigenvalue weighted by Crippen LogP contribution is 2.29. The molecule has 2 aromatic heterocycles. The van der Waals surface area contributed by atoms with Gasteiger partial charge in [0.15, 0.2) is 0 Å². The van der Waals surface area contributed by atoms with Crippen LogP contribution in [0.25, 0.3) is 0 Å². The second-order valence-electron chi connectivity index (χ2n) is 3.96. The molecular weight excluding hydrogens is 344 g/mol. The molecule has 0 aliphatic carbocycles. The SMILES string of the molecule is CCc1cc(C(=O)O)c(NC(=O)c2cncc(Br)c2)s1. The van der Waals surface area contributed by atoms with Crippen molar-refractivity contribution in [2.75, 3.05) is 5.32 Å². The fourth-order valence-electron chi connectivity index (χ4n) is 1.58. The van der Waals surface area contributed by atoms with Gasteiger partial charge in [-0.15, -0.1) is 11.3 Å². The predicted octanol–water partition coefficient (Wildman–Crippen LogP) is 3.42. The normalized spacial score (nSPS) is 10.3. The predicted molar refractivity (Wildman–Crippen MR) is 80.5 cm³/mol. The molecule has 0 saturated heterocycles. The van der Waals surface area contributed by atoms with Crippen molar-refractivity contribution in [2.45, 2.75) is 13.3 Å². The first-order chi connectivity index (χ1) is 9.51. The minimum Gasteiger partial charge on any atom is -0.478 e. The Morgan fingerprint density at radius 3 is 2.75 bits per heavy atom. The molecule has 5 nitrogen and oxygen atoms in total. The van der Waals surface area contributed by atoms with Gasteiger partial charge in [0.1, 0.15) is 5.00 Å². The summed E-state index contributed by atoms with van der Waals surface area (Å²) >= 11 is 4.50. The number of hydrogen-bond donors (Lipinski definition) is 2. The minimum absolute atomic E-state index is 0.114. The molecule has 0 atom stereocenters. The molecule has 2 heterocycles. The molecule has 0 bridgehead atoms. The van der Waals surface area contributed by atoms with Crippen molar-refractivity contribution in [1.82, 2.24) is 4.98 Å². The van der Waals surface area contributed by atoms with Crippen LogP contribution in [0.5, 0.6) is 0 Å². The van der Waals surface area contributed by atoms with Crippen LogP contribution in [-0.4, -0.2) is 22.0 Å². The third kappa shape index (κ3) is 3.23. The molecule has 0 saturated carbocycles. The van der Waals surface area contributed by atoms with E-state index in [9.17, 15) is 9.59 Å². The van der Waals surface area contributed by atoms with Crippen LogP contribution in [0.2, 0.25) is 0 Å². The first-order valence-corrected chi connectivity index (χ1v) is 7.40. The van der Waals surface area contributed by atoms with Gasteiger partial charge in [0.05, 0.1) is 11.1 Å². The van der Waals surface area contributed by atoms with Gasteiger partial charge in [0.2, 0.25) is 0 Å². The summed E-state index contributed by atoms with van der Waals surface area (Å²) in [6.07, 6.45) is 3.72. The summed E-state index contributed by atoms with van der Waals surface area (Å²) in [6.45, 7) is 1.93. The van der Waals surface area contributed by atoms with Crippen molar-refractivity contribution in [3.8, 4) is 0 Å². The van der Waals surface area contributed by atoms with Crippen molar-refractivity contribution in [3.63, 3.8) is 0 Å². The van der Waals surface area contributed by atoms with E-state index in [1.54, 1.807) is 18.3 Å². The minimum atomic E-state index is -1.05. The van der Waals surface area contributed by atoms with E-state index in [2.05, 4.69) is 26.2 Å². The fourth-order valence-corrected chi connectivity index (χ4v) is 2.93. The van der Waals surface area contributed by atoms with Crippen molar-refractivity contribution in [3.05, 3.63) is 45.0 Å². The number of aromatic nitrogens is 1. The lowest BCUT2D eigenvalue weighted by molar-refractivity contribution is 0.0698. The second-order valence-corrected chi connectivity index (χ2v) is 6.01. The number of carboxylic acid groups (broad SMARTS) is 1. The van der Waals surface area contributed by atoms with Crippen molar-refractivity contribution >= 4 is 44.1 Å². The average molecular weight is 355 g/mol. The smallest absolute Gasteiger partial charge is 0.338 e. The summed E-state index contributed by atoms with van der Waals surface area (Å²) < 4.78 is 0.684. The quantitative estimate of drug-likeness (QED) is 0.881. The Morgan fingerprint density at radius 1 is 1.40 bits per heavy atom. The van der Waals surface area contributed by atoms with E-state index >= 15 is 0 Å². The molecule has 7 heteroatoms. The number of hydrogen-bond acceptors (Lipinski definition) is 4. The number of thiophene rings is 1. The first kappa shape index (κ1) is 14.7. The number of aryl methyl sites for hydroxylation is 1. The Bertz CT molecular complexity index is 669. The molecule has 2 rings (SSSR count). The van der Waals surface area contributed by atoms with Crippen LogP contribution in [0.1, 0.15) is 32.5 Å². The van der Waals surface area contributed by atoms with E-state index < -0.39 is 5.97 Å². The van der Waals surface area contributed by atoms with Crippen LogP contribution in [0, 0.1) is 0 Å². The zero-order valence-corrected chi connectivity index (χ0v) is 12.9. The van der Waals surface area contributed by atoms with Gasteiger partial charge in [-0.2, -0.15) is 0 Å². The molecule has 1 amide bonds. The summed E-state index contributed by atoms with van der Waals surface area (Å²) in [5.41, 5.74) is 0.477. The number of nitrogens with zero attached hydrogens (tertiary/aromatic N) is 1. The van der Waals surface area contributed by atoms with E-state index in [1.807, 2.05) is 6.92 Å². The number of halogens is 1. The maximum absolute atomic E-state index is 12.1. The maximum Gasteiger partial charge on any atom is 0.338 e. The maximum atomic E-state index is 12.1. The number of carboxylic acids is 1. The average Bonchev–Trinajstić information content (AvgIpc) is 2.82. The van der Waals surface area contributed by atoms with Crippen molar-refractivity contribution in [1.29, 1.82) is 0 Å². The number of nitrogens with one attached hydrogen (secondary N) is 1. The molecule has 20 heavy (non-hydrogen) atoms. The highest BCUT2D eigenvalue weighted by atomic mass is 79.9. The van der Waals surface area contributed by atoms with E-state index in [-0.39, 0.29) is 11.5 Å². The summed E-state index contributed by atoms with van der Waals surface area (Å²) in [6, 6.07) is 3.21. The third-order valence-corrected chi connectivity index (χ3v) is 4.18. The van der Waals surface area contributed by atoms with E-state index in [1.165, 1.54) is 17.5 Å². The molecule has 0 aliphatic heterocycles.